The van der Waals surface area contributed by atoms with Gasteiger partial charge in [0.2, 0.25) is 5.78 Å². The van der Waals surface area contributed by atoms with E-state index < -0.39 is 58.0 Å². The number of aliphatic hydroxyl groups excluding tert-OH is 2. The maximum Gasteiger partial charge on any atom is 0.283 e. The second-order valence-electron chi connectivity index (χ2n) is 12.5. The number of phenolic OH excluding ortho intramolecular Hbond substituents is 1. The molecule has 2 amide bonds. The largest absolute Gasteiger partial charge is 0.510 e. The summed E-state index contributed by atoms with van der Waals surface area (Å²) in [5, 5.41) is 48.3. The van der Waals surface area contributed by atoms with Crippen LogP contribution in [0.1, 0.15) is 39.1 Å². The highest BCUT2D eigenvalue weighted by Crippen LogP contribution is 2.53. The number of allylic oxidation sites excluding steroid dienone is 1. The Morgan fingerprint density at radius 1 is 1.09 bits per heavy atom. The molecular formula is C34H38N4O8. The molecule has 242 valence electrons. The Morgan fingerprint density at radius 3 is 2.46 bits per heavy atom. The molecule has 0 saturated carbocycles. The van der Waals surface area contributed by atoms with Gasteiger partial charge in [0.1, 0.15) is 22.8 Å². The second kappa shape index (κ2) is 12.3. The molecule has 46 heavy (non-hydrogen) atoms. The average molecular weight is 631 g/mol. The summed E-state index contributed by atoms with van der Waals surface area (Å²) in [7, 11) is 7.08. The standard InChI is InChI=1S/C34H38N4O8/c1-35-33(45)26-29(41)27(38(4)5)22-16-19-15-21-20(17-8-6-9-18(14-17)32(44)36-12-7-13-37(2)3)10-11-23(39)25(21)28(40)24(19)30(42)34(22,46)31(26)43/h6,8-11,14,19,22,27,39,41-42,46H,1,7,12-13,15-16H2,2-5H3,(H,36,44)/t19-,22-,27+,34-/m0/s1. The van der Waals surface area contributed by atoms with Crippen molar-refractivity contribution >= 4 is 30.1 Å². The first-order valence-electron chi connectivity index (χ1n) is 15.0. The molecule has 0 unspecified atom stereocenters. The van der Waals surface area contributed by atoms with E-state index in [1.54, 1.807) is 44.4 Å². The van der Waals surface area contributed by atoms with E-state index in [9.17, 15) is 39.6 Å². The molecule has 5 N–H and O–H groups in total. The molecule has 0 aliphatic heterocycles. The predicted octanol–water partition coefficient (Wildman–Crippen LogP) is 2.21. The van der Waals surface area contributed by atoms with Crippen LogP contribution in [0.3, 0.4) is 0 Å². The van der Waals surface area contributed by atoms with Gasteiger partial charge >= 0.3 is 0 Å². The van der Waals surface area contributed by atoms with E-state index in [1.807, 2.05) is 19.0 Å². The molecule has 3 aliphatic carbocycles. The number of aliphatic hydroxyl groups is 3. The zero-order valence-corrected chi connectivity index (χ0v) is 26.2. The number of benzene rings is 2. The maximum absolute atomic E-state index is 14.1. The first-order chi connectivity index (χ1) is 21.7. The zero-order valence-electron chi connectivity index (χ0n) is 26.2. The summed E-state index contributed by atoms with van der Waals surface area (Å²) >= 11 is 0. The summed E-state index contributed by atoms with van der Waals surface area (Å²) in [5.74, 6) is -7.19. The van der Waals surface area contributed by atoms with Crippen LogP contribution in [0, 0.1) is 11.8 Å². The molecule has 2 aromatic rings. The number of phenols is 1. The average Bonchev–Trinajstić information content (AvgIpc) is 3.00. The topological polar surface area (TPSA) is 180 Å². The number of nitrogens with zero attached hydrogens (tertiary/aromatic N) is 3. The first kappa shape index (κ1) is 32.7. The molecule has 12 nitrogen and oxygen atoms in total. The van der Waals surface area contributed by atoms with Gasteiger partial charge in [-0.25, -0.2) is 4.99 Å². The van der Waals surface area contributed by atoms with Crippen LogP contribution < -0.4 is 5.32 Å². The smallest absolute Gasteiger partial charge is 0.283 e. The molecule has 0 radical (unpaired) electrons. The Kier molecular flexibility index (Phi) is 8.73. The van der Waals surface area contributed by atoms with E-state index in [4.69, 9.17) is 0 Å². The van der Waals surface area contributed by atoms with Gasteiger partial charge in [0.25, 0.3) is 11.8 Å². The summed E-state index contributed by atoms with van der Waals surface area (Å²) in [6.45, 7) is 4.45. The van der Waals surface area contributed by atoms with E-state index in [-0.39, 0.29) is 35.6 Å². The van der Waals surface area contributed by atoms with Crippen molar-refractivity contribution in [2.75, 3.05) is 41.3 Å². The number of rotatable bonds is 8. The van der Waals surface area contributed by atoms with Crippen LogP contribution in [0.4, 0.5) is 0 Å². The molecule has 5 rings (SSSR count). The van der Waals surface area contributed by atoms with E-state index in [0.29, 0.717) is 28.8 Å². The number of fused-ring (bicyclic) bond motifs is 3. The van der Waals surface area contributed by atoms with Crippen LogP contribution >= 0.6 is 0 Å². The molecule has 4 atom stereocenters. The lowest BCUT2D eigenvalue weighted by atomic mass is 9.58. The highest BCUT2D eigenvalue weighted by molar-refractivity contribution is 6.26. The lowest BCUT2D eigenvalue weighted by molar-refractivity contribution is -0.148. The van der Waals surface area contributed by atoms with Crippen molar-refractivity contribution in [3.05, 3.63) is 75.8 Å². The Labute approximate surface area is 266 Å². The van der Waals surface area contributed by atoms with Gasteiger partial charge in [-0.05, 0) is 102 Å². The van der Waals surface area contributed by atoms with Crippen molar-refractivity contribution in [3.8, 4) is 16.9 Å². The van der Waals surface area contributed by atoms with Gasteiger partial charge < -0.3 is 30.6 Å². The van der Waals surface area contributed by atoms with E-state index in [2.05, 4.69) is 17.0 Å². The minimum Gasteiger partial charge on any atom is -0.510 e. The molecule has 0 saturated heterocycles. The van der Waals surface area contributed by atoms with Gasteiger partial charge in [-0.2, -0.15) is 0 Å². The second-order valence-corrected chi connectivity index (χ2v) is 12.5. The number of hydrogen-bond donors (Lipinski definition) is 5. The molecule has 0 heterocycles. The number of amides is 2. The van der Waals surface area contributed by atoms with Crippen LogP contribution in [0.5, 0.6) is 5.75 Å². The Morgan fingerprint density at radius 2 is 1.80 bits per heavy atom. The number of hydrogen-bond acceptors (Lipinski definition) is 10. The minimum atomic E-state index is -2.71. The minimum absolute atomic E-state index is 0.0206. The van der Waals surface area contributed by atoms with Gasteiger partial charge in [0.15, 0.2) is 11.4 Å². The number of likely N-dealkylation sites (N-methyl/N-ethyl adjacent to an activating group) is 1. The molecule has 0 spiro atoms. The summed E-state index contributed by atoms with van der Waals surface area (Å²) in [6.07, 6.45) is 0.895. The van der Waals surface area contributed by atoms with E-state index in [1.165, 1.54) is 11.0 Å². The Balaban J connectivity index is 1.58. The fourth-order valence-electron chi connectivity index (χ4n) is 7.10. The number of carbonyl (C=O) groups is 4. The van der Waals surface area contributed by atoms with Crippen molar-refractivity contribution in [2.24, 2.45) is 16.8 Å². The lowest BCUT2D eigenvalue weighted by Gasteiger charge is -2.50. The summed E-state index contributed by atoms with van der Waals surface area (Å²) < 4.78 is 0. The quantitative estimate of drug-likeness (QED) is 0.165. The summed E-state index contributed by atoms with van der Waals surface area (Å²) in [5.41, 5.74) is -1.72. The van der Waals surface area contributed by atoms with Crippen LogP contribution in [-0.2, 0) is 16.0 Å². The molecule has 12 heteroatoms. The molecule has 2 aromatic carbocycles. The fourth-order valence-corrected chi connectivity index (χ4v) is 7.10. The van der Waals surface area contributed by atoms with Gasteiger partial charge in [0, 0.05) is 23.6 Å². The Hall–Kier alpha value is -4.65. The third-order valence-electron chi connectivity index (χ3n) is 9.22. The number of nitrogens with one attached hydrogen (secondary N) is 1. The number of carbonyl (C=O) groups excluding carboxylic acids is 4. The number of Topliss-reactive ketones (excluding diaryl/α,β-unsaturated/α-hetero) is 2. The first-order valence-corrected chi connectivity index (χ1v) is 15.0. The van der Waals surface area contributed by atoms with Crippen molar-refractivity contribution in [1.82, 2.24) is 15.1 Å². The van der Waals surface area contributed by atoms with Crippen LogP contribution in [-0.4, -0.2) is 113 Å². The molecule has 0 bridgehead atoms. The summed E-state index contributed by atoms with van der Waals surface area (Å²) in [4.78, 5) is 59.9. The number of aromatic hydroxyl groups is 1. The monoisotopic (exact) mass is 630 g/mol. The van der Waals surface area contributed by atoms with Crippen LogP contribution in [0.2, 0.25) is 0 Å². The van der Waals surface area contributed by atoms with E-state index in [0.717, 1.165) is 13.0 Å². The number of aliphatic imine (C=N–C) groups is 1. The van der Waals surface area contributed by atoms with Gasteiger partial charge in [-0.15, -0.1) is 0 Å². The zero-order chi connectivity index (χ0) is 33.7. The maximum atomic E-state index is 14.1. The molecule has 3 aliphatic rings. The highest BCUT2D eigenvalue weighted by Gasteiger charge is 2.63. The molecule has 0 aromatic heterocycles. The third kappa shape index (κ3) is 5.21. The van der Waals surface area contributed by atoms with Crippen molar-refractivity contribution in [3.63, 3.8) is 0 Å². The van der Waals surface area contributed by atoms with Crippen molar-refractivity contribution in [1.29, 1.82) is 0 Å². The molecule has 0 fully saturated rings. The third-order valence-corrected chi connectivity index (χ3v) is 9.22. The van der Waals surface area contributed by atoms with E-state index >= 15 is 0 Å². The van der Waals surface area contributed by atoms with Gasteiger partial charge in [-0.1, -0.05) is 18.2 Å². The molecular weight excluding hydrogens is 592 g/mol. The van der Waals surface area contributed by atoms with Crippen molar-refractivity contribution in [2.45, 2.75) is 30.9 Å². The van der Waals surface area contributed by atoms with Gasteiger partial charge in [-0.3, -0.25) is 24.1 Å². The predicted molar refractivity (Wildman–Crippen MR) is 170 cm³/mol. The summed E-state index contributed by atoms with van der Waals surface area (Å²) in [6, 6.07) is 8.83. The fraction of sp³-hybridized carbons (Fsp3) is 0.382. The van der Waals surface area contributed by atoms with Crippen LogP contribution in [0.25, 0.3) is 11.1 Å². The lowest BCUT2D eigenvalue weighted by Crippen LogP contribution is -2.63. The van der Waals surface area contributed by atoms with Crippen molar-refractivity contribution < 1.29 is 39.6 Å². The normalized spacial score (nSPS) is 24.1. The SMILES string of the molecule is C=NC(=O)C1=C(O)[C@H](N(C)C)[C@@H]2C[C@@H]3Cc4c(-c5cccc(C(=O)NCCCN(C)C)c5)ccc(O)c4C(=O)C3=C(O)[C@]2(O)C1=O. The number of ketones is 2. The highest BCUT2D eigenvalue weighted by atomic mass is 16.3. The van der Waals surface area contributed by atoms with Crippen LogP contribution in [0.15, 0.2) is 64.1 Å². The van der Waals surface area contributed by atoms with Gasteiger partial charge in [0.05, 0.1) is 11.6 Å². The Bertz CT molecular complexity index is 1730.